The van der Waals surface area contributed by atoms with Crippen molar-refractivity contribution in [2.24, 2.45) is 0 Å². The molecule has 0 amide bonds. The van der Waals surface area contributed by atoms with Crippen LogP contribution >= 0.6 is 0 Å². The number of benzene rings is 1. The van der Waals surface area contributed by atoms with Crippen LogP contribution in [-0.2, 0) is 20.4 Å². The highest BCUT2D eigenvalue weighted by Gasteiger charge is 2.27. The van der Waals surface area contributed by atoms with Crippen molar-refractivity contribution in [1.29, 1.82) is 5.41 Å². The Morgan fingerprint density at radius 1 is 1.13 bits per heavy atom. The number of carbonyl (C=O) groups excluding carboxylic acids is 2. The molecule has 23 heavy (non-hydrogen) atoms. The van der Waals surface area contributed by atoms with E-state index in [0.717, 1.165) is 17.2 Å². The zero-order valence-electron chi connectivity index (χ0n) is 15.0. The molecule has 1 rings (SSSR count). The molecule has 0 saturated carbocycles. The van der Waals surface area contributed by atoms with E-state index in [9.17, 15) is 9.90 Å². The van der Waals surface area contributed by atoms with E-state index < -0.39 is 0 Å². The lowest BCUT2D eigenvalue weighted by molar-refractivity contribution is -0.134. The molecule has 0 aromatic heterocycles. The van der Waals surface area contributed by atoms with Crippen LogP contribution in [0.1, 0.15) is 66.0 Å². The lowest BCUT2D eigenvalue weighted by Gasteiger charge is -2.27. The number of hydrogen-bond donors (Lipinski definition) is 2. The van der Waals surface area contributed by atoms with Crippen LogP contribution in [0.3, 0.4) is 0 Å². The number of esters is 1. The molecule has 1 aromatic rings. The van der Waals surface area contributed by atoms with E-state index in [4.69, 9.17) is 14.9 Å². The fourth-order valence-electron chi connectivity index (χ4n) is 2.01. The molecule has 0 fully saturated rings. The van der Waals surface area contributed by atoms with Gasteiger partial charge in [0.05, 0.1) is 0 Å². The minimum absolute atomic E-state index is 0.223. The highest BCUT2D eigenvalue weighted by atomic mass is 16.5. The minimum atomic E-state index is -0.268. The number of aromatic hydroxyl groups is 1. The van der Waals surface area contributed by atoms with Gasteiger partial charge in [0.1, 0.15) is 11.5 Å². The second-order valence-electron chi connectivity index (χ2n) is 7.30. The Kier molecular flexibility index (Phi) is 7.20. The molecular formula is C18H27NO4. The molecule has 0 spiro atoms. The maximum atomic E-state index is 11.5. The number of nitrogens with one attached hydrogen (secondary N) is 1. The Labute approximate surface area is 138 Å². The second kappa shape index (κ2) is 7.93. The van der Waals surface area contributed by atoms with Crippen LogP contribution in [0.2, 0.25) is 0 Å². The quantitative estimate of drug-likeness (QED) is 0.370. The van der Waals surface area contributed by atoms with Crippen LogP contribution in [0.4, 0.5) is 0 Å². The number of carbonyl (C=O) groups is 1. The van der Waals surface area contributed by atoms with Crippen molar-refractivity contribution >= 4 is 12.0 Å². The number of hydrogen-bond acceptors (Lipinski definition) is 5. The molecule has 0 aliphatic rings. The van der Waals surface area contributed by atoms with Gasteiger partial charge in [0, 0.05) is 17.5 Å². The first-order chi connectivity index (χ1) is 10.4. The van der Waals surface area contributed by atoms with Crippen molar-refractivity contribution in [2.45, 2.75) is 65.7 Å². The minimum Gasteiger partial charge on any atom is -0.507 e. The monoisotopic (exact) mass is 321 g/mol. The van der Waals surface area contributed by atoms with Crippen molar-refractivity contribution in [1.82, 2.24) is 0 Å². The first-order valence-electron chi connectivity index (χ1n) is 7.51. The van der Waals surface area contributed by atoms with Crippen molar-refractivity contribution in [2.75, 3.05) is 0 Å². The van der Waals surface area contributed by atoms with Gasteiger partial charge in [-0.05, 0) is 23.0 Å². The summed E-state index contributed by atoms with van der Waals surface area (Å²) in [4.78, 5) is 19.9. The Morgan fingerprint density at radius 2 is 1.48 bits per heavy atom. The summed E-state index contributed by atoms with van der Waals surface area (Å²) in [5.74, 6) is 0.529. The van der Waals surface area contributed by atoms with E-state index in [1.54, 1.807) is 19.1 Å². The largest absolute Gasteiger partial charge is 0.507 e. The number of ether oxygens (including phenoxy) is 1. The highest BCUT2D eigenvalue weighted by molar-refractivity contribution is 5.72. The number of phenols is 1. The SMILES string of the molecule is CCC(=O)Oc1cc(C(C)(C)C)c(O)c(C(C)(C)C)c1.N=C=O. The van der Waals surface area contributed by atoms with Crippen molar-refractivity contribution < 1.29 is 19.4 Å². The molecular weight excluding hydrogens is 294 g/mol. The summed E-state index contributed by atoms with van der Waals surface area (Å²) in [6.07, 6.45) is 1.08. The molecule has 0 bridgehead atoms. The van der Waals surface area contributed by atoms with E-state index in [2.05, 4.69) is 0 Å². The smallest absolute Gasteiger partial charge is 0.310 e. The van der Waals surface area contributed by atoms with Gasteiger partial charge in [0.25, 0.3) is 0 Å². The Hall–Kier alpha value is -2.13. The molecule has 0 unspecified atom stereocenters. The van der Waals surface area contributed by atoms with Gasteiger partial charge >= 0.3 is 5.97 Å². The summed E-state index contributed by atoms with van der Waals surface area (Å²) in [7, 11) is 0. The van der Waals surface area contributed by atoms with Crippen LogP contribution in [0.5, 0.6) is 11.5 Å². The molecule has 0 heterocycles. The van der Waals surface area contributed by atoms with E-state index >= 15 is 0 Å². The van der Waals surface area contributed by atoms with Gasteiger partial charge in [-0.15, -0.1) is 0 Å². The Bertz CT molecular complexity index is 551. The fourth-order valence-corrected chi connectivity index (χ4v) is 2.01. The zero-order valence-corrected chi connectivity index (χ0v) is 15.0. The molecule has 0 atom stereocenters. The summed E-state index contributed by atoms with van der Waals surface area (Å²) in [6, 6.07) is 3.52. The maximum Gasteiger partial charge on any atom is 0.310 e. The van der Waals surface area contributed by atoms with Gasteiger partial charge in [-0.3, -0.25) is 4.79 Å². The predicted octanol–water partition coefficient (Wildman–Crippen LogP) is 4.20. The van der Waals surface area contributed by atoms with Gasteiger partial charge in [-0.2, -0.15) is 0 Å². The van der Waals surface area contributed by atoms with Crippen molar-refractivity contribution in [3.8, 4) is 11.5 Å². The lowest BCUT2D eigenvalue weighted by atomic mass is 9.79. The first-order valence-corrected chi connectivity index (χ1v) is 7.51. The van der Waals surface area contributed by atoms with Crippen molar-refractivity contribution in [3.63, 3.8) is 0 Å². The molecule has 5 nitrogen and oxygen atoms in total. The van der Waals surface area contributed by atoms with E-state index in [1.807, 2.05) is 41.5 Å². The summed E-state index contributed by atoms with van der Waals surface area (Å²) >= 11 is 0. The molecule has 0 saturated heterocycles. The Balaban J connectivity index is 0.00000149. The molecule has 0 radical (unpaired) electrons. The van der Waals surface area contributed by atoms with Crippen LogP contribution in [0.15, 0.2) is 12.1 Å². The third kappa shape index (κ3) is 6.25. The van der Waals surface area contributed by atoms with Gasteiger partial charge in [-0.1, -0.05) is 48.5 Å². The van der Waals surface area contributed by atoms with Gasteiger partial charge < -0.3 is 9.84 Å². The fraction of sp³-hybridized carbons (Fsp3) is 0.556. The molecule has 5 heteroatoms. The average molecular weight is 321 g/mol. The van der Waals surface area contributed by atoms with Crippen LogP contribution in [0.25, 0.3) is 0 Å². The zero-order chi connectivity index (χ0) is 18.4. The number of isocyanates is 1. The predicted molar refractivity (Wildman–Crippen MR) is 89.8 cm³/mol. The second-order valence-corrected chi connectivity index (χ2v) is 7.30. The third-order valence-electron chi connectivity index (χ3n) is 3.22. The molecule has 0 aliphatic heterocycles. The average Bonchev–Trinajstić information content (AvgIpc) is 2.38. The summed E-state index contributed by atoms with van der Waals surface area (Å²) < 4.78 is 5.34. The van der Waals surface area contributed by atoms with Crippen LogP contribution < -0.4 is 4.74 Å². The Morgan fingerprint density at radius 3 is 1.74 bits per heavy atom. The normalized spacial score (nSPS) is 11.1. The van der Waals surface area contributed by atoms with Crippen LogP contribution in [-0.4, -0.2) is 17.2 Å². The van der Waals surface area contributed by atoms with Crippen LogP contribution in [0, 0.1) is 5.41 Å². The van der Waals surface area contributed by atoms with Gasteiger partial charge in [0.15, 0.2) is 0 Å². The molecule has 2 N–H and O–H groups in total. The summed E-state index contributed by atoms with van der Waals surface area (Å²) in [5.41, 5.74) is 1.14. The molecule has 1 aromatic carbocycles. The van der Waals surface area contributed by atoms with Gasteiger partial charge in [0.2, 0.25) is 6.08 Å². The standard InChI is InChI=1S/C17H26O3.CHNO/c1-8-14(18)20-11-9-12(16(2,3)4)15(19)13(10-11)17(5,6)7;2-1-3/h9-10,19H,8H2,1-7H3;2H. The molecule has 128 valence electrons. The lowest BCUT2D eigenvalue weighted by Crippen LogP contribution is -2.18. The van der Waals surface area contributed by atoms with E-state index in [1.165, 1.54) is 0 Å². The topological polar surface area (TPSA) is 87.4 Å². The number of phenolic OH excluding ortho intramolecular Hbond substituents is 1. The first kappa shape index (κ1) is 20.9. The van der Waals surface area contributed by atoms with Crippen molar-refractivity contribution in [3.05, 3.63) is 23.3 Å². The van der Waals surface area contributed by atoms with E-state index in [0.29, 0.717) is 17.9 Å². The maximum absolute atomic E-state index is 11.5. The number of rotatable bonds is 2. The third-order valence-corrected chi connectivity index (χ3v) is 3.22. The molecule has 0 aliphatic carbocycles. The van der Waals surface area contributed by atoms with Gasteiger partial charge in [-0.25, -0.2) is 10.2 Å². The summed E-state index contributed by atoms with van der Waals surface area (Å²) in [6.45, 7) is 13.9. The summed E-state index contributed by atoms with van der Waals surface area (Å²) in [5, 5.41) is 15.9. The highest BCUT2D eigenvalue weighted by Crippen LogP contribution is 2.41. The van der Waals surface area contributed by atoms with E-state index in [-0.39, 0.29) is 16.8 Å².